The van der Waals surface area contributed by atoms with Crippen molar-refractivity contribution < 1.29 is 23.0 Å². The van der Waals surface area contributed by atoms with Gasteiger partial charge in [0.05, 0.1) is 56.5 Å². The summed E-state index contributed by atoms with van der Waals surface area (Å²) in [6, 6.07) is 6.83. The molecule has 13 nitrogen and oxygen atoms in total. The molecule has 3 aromatic heterocycles. The third kappa shape index (κ3) is 6.21. The van der Waals surface area contributed by atoms with E-state index in [9.17, 15) is 8.78 Å². The molecule has 0 radical (unpaired) electrons. The summed E-state index contributed by atoms with van der Waals surface area (Å²) in [5, 5.41) is 0. The molecule has 2 N–H and O–H groups in total. The lowest BCUT2D eigenvalue weighted by Gasteiger charge is -2.28. The first-order chi connectivity index (χ1) is 21.4. The predicted molar refractivity (Wildman–Crippen MR) is 162 cm³/mol. The van der Waals surface area contributed by atoms with Crippen LogP contribution in [0.1, 0.15) is 18.7 Å². The number of pyridine rings is 1. The number of ether oxygens (including phenoxy) is 3. The maximum atomic E-state index is 14.5. The van der Waals surface area contributed by atoms with Crippen LogP contribution in [0.2, 0.25) is 0 Å². The second-order valence-corrected chi connectivity index (χ2v) is 10.7. The Kier molecular flexibility index (Phi) is 8.95. The van der Waals surface area contributed by atoms with Gasteiger partial charge in [-0.05, 0) is 24.6 Å². The molecule has 2 aliphatic rings. The number of hydrogen-bond donors (Lipinski definition) is 1. The van der Waals surface area contributed by atoms with Gasteiger partial charge in [0.1, 0.15) is 17.1 Å². The van der Waals surface area contributed by atoms with Crippen LogP contribution in [0.4, 0.5) is 26.2 Å². The number of morpholine rings is 2. The largest absolute Gasteiger partial charge is 0.494 e. The number of fused-ring (bicyclic) bond motifs is 1. The van der Waals surface area contributed by atoms with Crippen LogP contribution in [0.15, 0.2) is 30.5 Å². The fourth-order valence-electron chi connectivity index (χ4n) is 5.50. The second kappa shape index (κ2) is 13.2. The fraction of sp³-hybridized carbons (Fsp3) is 0.483. The van der Waals surface area contributed by atoms with Gasteiger partial charge in [-0.2, -0.15) is 15.0 Å². The first-order valence-electron chi connectivity index (χ1n) is 14.6. The molecule has 0 unspecified atom stereocenters. The average molecular weight is 611 g/mol. The summed E-state index contributed by atoms with van der Waals surface area (Å²) in [4.78, 5) is 29.5. The normalized spacial score (nSPS) is 16.2. The molecule has 5 heterocycles. The van der Waals surface area contributed by atoms with Crippen LogP contribution in [0.25, 0.3) is 28.4 Å². The molecule has 4 aromatic rings. The maximum Gasteiger partial charge on any atom is 0.296 e. The molecular weight excluding hydrogens is 574 g/mol. The predicted octanol–water partition coefficient (Wildman–Crippen LogP) is 2.80. The molecule has 0 atom stereocenters. The number of nitrogens with zero attached hydrogens (tertiary/aromatic N) is 9. The van der Waals surface area contributed by atoms with Gasteiger partial charge in [-0.15, -0.1) is 0 Å². The molecule has 2 saturated heterocycles. The van der Waals surface area contributed by atoms with Crippen LogP contribution in [0, 0.1) is 0 Å². The van der Waals surface area contributed by atoms with Gasteiger partial charge in [-0.3, -0.25) is 9.47 Å². The van der Waals surface area contributed by atoms with Gasteiger partial charge >= 0.3 is 0 Å². The molecular formula is C29H36F2N10O3. The van der Waals surface area contributed by atoms with Crippen LogP contribution in [0.5, 0.6) is 5.75 Å². The van der Waals surface area contributed by atoms with Crippen LogP contribution in [-0.4, -0.2) is 114 Å². The first kappa shape index (κ1) is 29.8. The molecule has 6 rings (SSSR count). The van der Waals surface area contributed by atoms with Crippen molar-refractivity contribution in [2.24, 2.45) is 0 Å². The van der Waals surface area contributed by atoms with E-state index in [1.165, 1.54) is 11.7 Å². The molecule has 15 heteroatoms. The Balaban J connectivity index is 1.44. The van der Waals surface area contributed by atoms with Crippen LogP contribution >= 0.6 is 0 Å². The second-order valence-electron chi connectivity index (χ2n) is 10.7. The Bertz CT molecular complexity index is 1590. The zero-order chi connectivity index (χ0) is 30.6. The van der Waals surface area contributed by atoms with Gasteiger partial charge in [0.15, 0.2) is 11.6 Å². The SMILES string of the molecule is COc1cccc2c1nc(C(F)F)n2-c1nc(-c2cc(N)cnc2N(C)CCCN2CCOCC2)nc(N2CCOCC2)n1. The quantitative estimate of drug-likeness (QED) is 0.283. The number of alkyl halides is 2. The number of aromatic nitrogens is 6. The highest BCUT2D eigenvalue weighted by molar-refractivity contribution is 5.84. The third-order valence-electron chi connectivity index (χ3n) is 7.76. The van der Waals surface area contributed by atoms with Gasteiger partial charge < -0.3 is 29.7 Å². The molecule has 234 valence electrons. The molecule has 0 aliphatic carbocycles. The standard InChI is InChI=1S/C29H36F2N10O3/c1-38(7-4-8-39-9-13-43-14-10-39)26-20(17-19(32)18-33-26)25-35-28(40-11-15-44-16-12-40)37-29(36-25)41-21-5-3-6-22(42-2)23(21)34-27(41)24(30)31/h3,5-6,17-18,24H,4,7-16,32H2,1-2H3. The van der Waals surface area contributed by atoms with Crippen molar-refractivity contribution in [1.82, 2.24) is 34.4 Å². The molecule has 0 saturated carbocycles. The van der Waals surface area contributed by atoms with E-state index >= 15 is 0 Å². The molecule has 0 amide bonds. The molecule has 44 heavy (non-hydrogen) atoms. The summed E-state index contributed by atoms with van der Waals surface area (Å²) < 4.78 is 46.6. The van der Waals surface area contributed by atoms with Gasteiger partial charge in [-0.25, -0.2) is 18.7 Å². The number of anilines is 3. The number of rotatable bonds is 10. The highest BCUT2D eigenvalue weighted by atomic mass is 19.3. The Morgan fingerprint density at radius 1 is 1.00 bits per heavy atom. The monoisotopic (exact) mass is 610 g/mol. The molecule has 1 aromatic carbocycles. The zero-order valence-electron chi connectivity index (χ0n) is 24.8. The van der Waals surface area contributed by atoms with Gasteiger partial charge in [0, 0.05) is 46.3 Å². The molecule has 2 fully saturated rings. The number of para-hydroxylation sites is 1. The van der Waals surface area contributed by atoms with E-state index < -0.39 is 12.2 Å². The van der Waals surface area contributed by atoms with E-state index in [0.29, 0.717) is 60.6 Å². The Morgan fingerprint density at radius 3 is 2.45 bits per heavy atom. The minimum Gasteiger partial charge on any atom is -0.494 e. The first-order valence-corrected chi connectivity index (χ1v) is 14.6. The molecule has 2 aliphatic heterocycles. The summed E-state index contributed by atoms with van der Waals surface area (Å²) >= 11 is 0. The minimum atomic E-state index is -2.90. The van der Waals surface area contributed by atoms with E-state index in [0.717, 1.165) is 45.8 Å². The van der Waals surface area contributed by atoms with Crippen molar-refractivity contribution in [2.45, 2.75) is 12.8 Å². The van der Waals surface area contributed by atoms with E-state index in [1.807, 2.05) is 16.8 Å². The van der Waals surface area contributed by atoms with Crippen LogP contribution < -0.4 is 20.3 Å². The van der Waals surface area contributed by atoms with Crippen LogP contribution in [0.3, 0.4) is 0 Å². The summed E-state index contributed by atoms with van der Waals surface area (Å²) in [7, 11) is 3.43. The van der Waals surface area contributed by atoms with Crippen molar-refractivity contribution in [1.29, 1.82) is 0 Å². The number of methoxy groups -OCH3 is 1. The van der Waals surface area contributed by atoms with Crippen molar-refractivity contribution in [2.75, 3.05) is 95.4 Å². The number of nitrogen functional groups attached to an aromatic ring is 1. The van der Waals surface area contributed by atoms with Crippen molar-refractivity contribution >= 4 is 28.5 Å². The lowest BCUT2D eigenvalue weighted by molar-refractivity contribution is 0.0377. The van der Waals surface area contributed by atoms with E-state index in [1.54, 1.807) is 30.5 Å². The number of benzene rings is 1. The van der Waals surface area contributed by atoms with Crippen LogP contribution in [-0.2, 0) is 9.47 Å². The number of hydrogen-bond acceptors (Lipinski definition) is 12. The molecule has 0 spiro atoms. The zero-order valence-corrected chi connectivity index (χ0v) is 24.8. The summed E-state index contributed by atoms with van der Waals surface area (Å²) in [6.07, 6.45) is -0.405. The highest BCUT2D eigenvalue weighted by Crippen LogP contribution is 2.34. The van der Waals surface area contributed by atoms with Gasteiger partial charge in [0.25, 0.3) is 6.43 Å². The summed E-state index contributed by atoms with van der Waals surface area (Å²) in [5.41, 5.74) is 7.88. The minimum absolute atomic E-state index is 0.00545. The van der Waals surface area contributed by atoms with Gasteiger partial charge in [0.2, 0.25) is 11.9 Å². The van der Waals surface area contributed by atoms with E-state index in [2.05, 4.69) is 19.9 Å². The topological polar surface area (TPSA) is 133 Å². The van der Waals surface area contributed by atoms with E-state index in [4.69, 9.17) is 29.9 Å². The summed E-state index contributed by atoms with van der Waals surface area (Å²) in [6.45, 7) is 7.03. The van der Waals surface area contributed by atoms with Crippen molar-refractivity contribution in [3.63, 3.8) is 0 Å². The lowest BCUT2D eigenvalue weighted by atomic mass is 10.2. The smallest absolute Gasteiger partial charge is 0.296 e. The highest BCUT2D eigenvalue weighted by Gasteiger charge is 2.27. The number of halogens is 2. The third-order valence-corrected chi connectivity index (χ3v) is 7.76. The number of nitrogens with two attached hydrogens (primary N) is 1. The van der Waals surface area contributed by atoms with Gasteiger partial charge in [-0.1, -0.05) is 6.07 Å². The summed E-state index contributed by atoms with van der Waals surface area (Å²) in [5.74, 6) is 1.09. The van der Waals surface area contributed by atoms with Crippen molar-refractivity contribution in [3.05, 3.63) is 36.3 Å². The maximum absolute atomic E-state index is 14.5. The Hall–Kier alpha value is -4.21. The van der Waals surface area contributed by atoms with Crippen molar-refractivity contribution in [3.8, 4) is 23.1 Å². The number of imidazole rings is 1. The Morgan fingerprint density at radius 2 is 1.73 bits per heavy atom. The molecule has 0 bridgehead atoms. The average Bonchev–Trinajstić information content (AvgIpc) is 3.46. The Labute approximate surface area is 253 Å². The fourth-order valence-corrected chi connectivity index (χ4v) is 5.50. The van der Waals surface area contributed by atoms with E-state index in [-0.39, 0.29) is 17.3 Å². The lowest BCUT2D eigenvalue weighted by Crippen LogP contribution is -2.38.